The lowest BCUT2D eigenvalue weighted by molar-refractivity contribution is 0.135. The van der Waals surface area contributed by atoms with Crippen LogP contribution in [0, 0.1) is 5.82 Å². The van der Waals surface area contributed by atoms with E-state index in [0.29, 0.717) is 6.42 Å². The number of aromatic nitrogens is 2. The Kier molecular flexibility index (Phi) is 5.22. The fraction of sp³-hybridized carbons (Fsp3) is 0.412. The molecule has 1 aliphatic rings. The Balaban J connectivity index is 1.70. The van der Waals surface area contributed by atoms with Gasteiger partial charge in [0.05, 0.1) is 0 Å². The lowest BCUT2D eigenvalue weighted by atomic mass is 10.1. The van der Waals surface area contributed by atoms with Gasteiger partial charge in [-0.3, -0.25) is 4.90 Å². The lowest BCUT2D eigenvalue weighted by Crippen LogP contribution is -2.53. The van der Waals surface area contributed by atoms with Crippen molar-refractivity contribution in [1.29, 1.82) is 0 Å². The summed E-state index contributed by atoms with van der Waals surface area (Å²) in [5.74, 6) is 0.851. The van der Waals surface area contributed by atoms with Gasteiger partial charge in [-0.2, -0.15) is 4.98 Å². The minimum atomic E-state index is -0.225. The van der Waals surface area contributed by atoms with Crippen LogP contribution >= 0.6 is 0 Å². The van der Waals surface area contributed by atoms with Crippen LogP contribution in [-0.4, -0.2) is 52.3 Å². The molecule has 1 aromatic carbocycles. The third-order valence-electron chi connectivity index (χ3n) is 4.35. The topological polar surface area (TPSA) is 78.5 Å². The summed E-state index contributed by atoms with van der Waals surface area (Å²) in [6, 6.07) is 8.63. The molecular weight excluding hydrogens is 309 g/mol. The zero-order valence-corrected chi connectivity index (χ0v) is 13.5. The molecule has 6 nitrogen and oxygen atoms in total. The highest BCUT2D eigenvalue weighted by molar-refractivity contribution is 5.41. The van der Waals surface area contributed by atoms with Crippen molar-refractivity contribution in [2.75, 3.05) is 36.9 Å². The van der Waals surface area contributed by atoms with Gasteiger partial charge in [-0.05, 0) is 30.2 Å². The Morgan fingerprint density at radius 1 is 1.21 bits per heavy atom. The molecule has 1 aliphatic heterocycles. The van der Waals surface area contributed by atoms with Gasteiger partial charge in [-0.15, -0.1) is 0 Å². The predicted octanol–water partition coefficient (Wildman–Crippen LogP) is 1.27. The van der Waals surface area contributed by atoms with Gasteiger partial charge >= 0.3 is 0 Å². The Bertz CT molecular complexity index is 666. The molecule has 128 valence electrons. The number of benzene rings is 1. The first-order valence-corrected chi connectivity index (χ1v) is 8.08. The van der Waals surface area contributed by atoms with E-state index in [1.54, 1.807) is 6.20 Å². The van der Waals surface area contributed by atoms with E-state index in [4.69, 9.17) is 5.73 Å². The molecule has 0 aliphatic carbocycles. The molecule has 0 saturated carbocycles. The Morgan fingerprint density at radius 3 is 2.71 bits per heavy atom. The molecule has 1 unspecified atom stereocenters. The van der Waals surface area contributed by atoms with Crippen LogP contribution in [0.3, 0.4) is 0 Å². The largest absolute Gasteiger partial charge is 0.396 e. The number of nitrogen functional groups attached to an aromatic ring is 1. The maximum Gasteiger partial charge on any atom is 0.221 e. The van der Waals surface area contributed by atoms with Crippen LogP contribution in [-0.2, 0) is 6.54 Å². The second-order valence-corrected chi connectivity index (χ2v) is 5.98. The first-order valence-electron chi connectivity index (χ1n) is 8.08. The normalized spacial score (nSPS) is 18.8. The van der Waals surface area contributed by atoms with E-state index >= 15 is 0 Å². The van der Waals surface area contributed by atoms with E-state index in [0.717, 1.165) is 37.6 Å². The lowest BCUT2D eigenvalue weighted by Gasteiger charge is -2.42. The van der Waals surface area contributed by atoms with Gasteiger partial charge in [-0.1, -0.05) is 12.1 Å². The summed E-state index contributed by atoms with van der Waals surface area (Å²) in [5, 5.41) is 9.40. The molecule has 2 heterocycles. The van der Waals surface area contributed by atoms with Crippen LogP contribution in [0.2, 0.25) is 0 Å². The van der Waals surface area contributed by atoms with Crippen LogP contribution in [0.4, 0.5) is 16.2 Å². The van der Waals surface area contributed by atoms with Crippen LogP contribution in [0.15, 0.2) is 36.5 Å². The average molecular weight is 331 g/mol. The maximum atomic E-state index is 13.1. The van der Waals surface area contributed by atoms with E-state index < -0.39 is 0 Å². The number of hydrogen-bond acceptors (Lipinski definition) is 6. The second kappa shape index (κ2) is 7.55. The molecule has 1 saturated heterocycles. The fourth-order valence-electron chi connectivity index (χ4n) is 3.10. The van der Waals surface area contributed by atoms with Gasteiger partial charge in [0.2, 0.25) is 5.95 Å². The number of anilines is 2. The predicted molar refractivity (Wildman–Crippen MR) is 91.0 cm³/mol. The highest BCUT2D eigenvalue weighted by atomic mass is 19.1. The molecule has 1 fully saturated rings. The Hall–Kier alpha value is -2.25. The minimum absolute atomic E-state index is 0.129. The molecule has 3 N–H and O–H groups in total. The number of nitrogens with two attached hydrogens (primary N) is 1. The van der Waals surface area contributed by atoms with Gasteiger partial charge in [-0.25, -0.2) is 9.37 Å². The molecule has 2 aromatic rings. The van der Waals surface area contributed by atoms with Crippen molar-refractivity contribution in [1.82, 2.24) is 14.9 Å². The minimum Gasteiger partial charge on any atom is -0.396 e. The van der Waals surface area contributed by atoms with Crippen molar-refractivity contribution in [3.8, 4) is 0 Å². The number of halogens is 1. The van der Waals surface area contributed by atoms with Gasteiger partial charge < -0.3 is 15.7 Å². The summed E-state index contributed by atoms with van der Waals surface area (Å²) in [5.41, 5.74) is 6.74. The molecule has 1 atom stereocenters. The molecule has 0 spiro atoms. The first kappa shape index (κ1) is 16.6. The monoisotopic (exact) mass is 331 g/mol. The van der Waals surface area contributed by atoms with Crippen LogP contribution < -0.4 is 10.6 Å². The van der Waals surface area contributed by atoms with Crippen molar-refractivity contribution in [3.05, 3.63) is 47.9 Å². The SMILES string of the molecule is Nc1nccc(N2CCN(Cc3ccc(F)cc3)C(CCO)C2)n1. The molecule has 7 heteroatoms. The van der Waals surface area contributed by atoms with Crippen molar-refractivity contribution >= 4 is 11.8 Å². The van der Waals surface area contributed by atoms with E-state index in [1.165, 1.54) is 12.1 Å². The zero-order chi connectivity index (χ0) is 16.9. The molecular formula is C17H22FN5O. The van der Waals surface area contributed by atoms with E-state index in [9.17, 15) is 9.50 Å². The van der Waals surface area contributed by atoms with E-state index in [2.05, 4.69) is 19.8 Å². The number of rotatable bonds is 5. The number of aliphatic hydroxyl groups excluding tert-OH is 1. The third kappa shape index (κ3) is 3.98. The molecule has 3 rings (SSSR count). The number of hydrogen-bond donors (Lipinski definition) is 2. The van der Waals surface area contributed by atoms with Crippen LogP contribution in [0.5, 0.6) is 0 Å². The Labute approximate surface area is 140 Å². The maximum absolute atomic E-state index is 13.1. The molecule has 0 bridgehead atoms. The molecule has 0 radical (unpaired) electrons. The highest BCUT2D eigenvalue weighted by Crippen LogP contribution is 2.21. The van der Waals surface area contributed by atoms with Gasteiger partial charge in [0.1, 0.15) is 11.6 Å². The van der Waals surface area contributed by atoms with Crippen molar-refractivity contribution in [3.63, 3.8) is 0 Å². The summed E-state index contributed by atoms with van der Waals surface area (Å²) in [6.45, 7) is 3.29. The first-order chi connectivity index (χ1) is 11.7. The highest BCUT2D eigenvalue weighted by Gasteiger charge is 2.27. The van der Waals surface area contributed by atoms with Gasteiger partial charge in [0.15, 0.2) is 0 Å². The summed E-state index contributed by atoms with van der Waals surface area (Å²) in [6.07, 6.45) is 2.34. The second-order valence-electron chi connectivity index (χ2n) is 5.98. The average Bonchev–Trinajstić information content (AvgIpc) is 2.58. The Morgan fingerprint density at radius 2 is 2.00 bits per heavy atom. The number of nitrogens with zero attached hydrogens (tertiary/aromatic N) is 4. The van der Waals surface area contributed by atoms with Crippen molar-refractivity contribution in [2.45, 2.75) is 19.0 Å². The summed E-state index contributed by atoms with van der Waals surface area (Å²) in [4.78, 5) is 12.7. The molecule has 1 aromatic heterocycles. The molecule has 0 amide bonds. The number of piperazine rings is 1. The summed E-state index contributed by atoms with van der Waals surface area (Å²) in [7, 11) is 0. The van der Waals surface area contributed by atoms with E-state index in [1.807, 2.05) is 18.2 Å². The summed E-state index contributed by atoms with van der Waals surface area (Å²) >= 11 is 0. The third-order valence-corrected chi connectivity index (χ3v) is 4.35. The standard InChI is InChI=1S/C17H22FN5O/c18-14-3-1-13(2-4-14)11-22-8-9-23(12-15(22)6-10-24)16-5-7-20-17(19)21-16/h1-5,7,15,24H,6,8-12H2,(H2,19,20,21). The molecule has 24 heavy (non-hydrogen) atoms. The number of aliphatic hydroxyl groups is 1. The van der Waals surface area contributed by atoms with Crippen molar-refractivity contribution in [2.24, 2.45) is 0 Å². The van der Waals surface area contributed by atoms with Gasteiger partial charge in [0.25, 0.3) is 0 Å². The van der Waals surface area contributed by atoms with Crippen LogP contribution in [0.1, 0.15) is 12.0 Å². The van der Waals surface area contributed by atoms with Crippen LogP contribution in [0.25, 0.3) is 0 Å². The zero-order valence-electron chi connectivity index (χ0n) is 13.5. The van der Waals surface area contributed by atoms with E-state index in [-0.39, 0.29) is 24.4 Å². The van der Waals surface area contributed by atoms with Gasteiger partial charge in [0, 0.05) is 45.0 Å². The quantitative estimate of drug-likeness (QED) is 0.859. The summed E-state index contributed by atoms with van der Waals surface area (Å²) < 4.78 is 13.1. The fourth-order valence-corrected chi connectivity index (χ4v) is 3.10. The smallest absolute Gasteiger partial charge is 0.221 e. The van der Waals surface area contributed by atoms with Crippen molar-refractivity contribution < 1.29 is 9.50 Å².